The van der Waals surface area contributed by atoms with Crippen LogP contribution in [0, 0.1) is 0 Å². The number of benzene rings is 2. The van der Waals surface area contributed by atoms with Crippen LogP contribution < -0.4 is 10.1 Å². The van der Waals surface area contributed by atoms with Gasteiger partial charge in [-0.1, -0.05) is 41.9 Å². The van der Waals surface area contributed by atoms with E-state index in [-0.39, 0.29) is 47.3 Å². The highest BCUT2D eigenvalue weighted by atomic mass is 35.5. The molecule has 168 valence electrons. The minimum Gasteiger partial charge on any atom is -0.482 e. The van der Waals surface area contributed by atoms with Gasteiger partial charge in [-0.15, -0.1) is 0 Å². The molecule has 1 amide bonds. The van der Waals surface area contributed by atoms with Crippen LogP contribution in [0.25, 0.3) is 0 Å². The van der Waals surface area contributed by atoms with Crippen LogP contribution in [-0.2, 0) is 26.0 Å². The molecule has 0 aromatic heterocycles. The zero-order valence-corrected chi connectivity index (χ0v) is 19.0. The van der Waals surface area contributed by atoms with Gasteiger partial charge < -0.3 is 14.8 Å². The second-order valence-electron chi connectivity index (χ2n) is 7.39. The lowest BCUT2D eigenvalue weighted by molar-refractivity contribution is -0.123. The van der Waals surface area contributed by atoms with Gasteiger partial charge >= 0.3 is 0 Å². The number of sulfonamides is 1. The standard InChI is InChI=1S/C22H27ClN2O5S/c1-17(7-8-18-5-3-2-4-6-18)24-22(26)16-30-20-10-9-19(23)15-21(20)31(27,28)25-11-13-29-14-12-25/h2-6,9-10,15,17H,7-8,11-14,16H2,1H3,(H,24,26). The maximum atomic E-state index is 13.0. The average molecular weight is 467 g/mol. The van der Waals surface area contributed by atoms with Gasteiger partial charge in [0.05, 0.1) is 13.2 Å². The Morgan fingerprint density at radius 1 is 1.19 bits per heavy atom. The van der Waals surface area contributed by atoms with Gasteiger partial charge in [0, 0.05) is 24.2 Å². The summed E-state index contributed by atoms with van der Waals surface area (Å²) in [7, 11) is -3.81. The quantitative estimate of drug-likeness (QED) is 0.614. The van der Waals surface area contributed by atoms with Crippen molar-refractivity contribution >= 4 is 27.5 Å². The van der Waals surface area contributed by atoms with E-state index in [1.807, 2.05) is 25.1 Å². The molecule has 0 saturated carbocycles. The summed E-state index contributed by atoms with van der Waals surface area (Å²) in [5.41, 5.74) is 1.21. The number of amides is 1. The second kappa shape index (κ2) is 10.9. The Kier molecular flexibility index (Phi) is 8.31. The van der Waals surface area contributed by atoms with Crippen LogP contribution in [0.15, 0.2) is 53.4 Å². The van der Waals surface area contributed by atoms with Crippen molar-refractivity contribution in [2.75, 3.05) is 32.9 Å². The summed E-state index contributed by atoms with van der Waals surface area (Å²) >= 11 is 6.04. The maximum Gasteiger partial charge on any atom is 0.258 e. The summed E-state index contributed by atoms with van der Waals surface area (Å²) in [6.07, 6.45) is 1.63. The highest BCUT2D eigenvalue weighted by Crippen LogP contribution is 2.30. The van der Waals surface area contributed by atoms with Gasteiger partial charge in [0.25, 0.3) is 5.91 Å². The predicted octanol–water partition coefficient (Wildman–Crippen LogP) is 2.88. The molecule has 1 heterocycles. The molecule has 1 aliphatic heterocycles. The van der Waals surface area contributed by atoms with Gasteiger partial charge in [-0.3, -0.25) is 4.79 Å². The molecule has 2 aromatic carbocycles. The zero-order chi connectivity index (χ0) is 22.3. The summed E-state index contributed by atoms with van der Waals surface area (Å²) in [5.74, 6) is -0.215. The number of hydrogen-bond donors (Lipinski definition) is 1. The first-order valence-electron chi connectivity index (χ1n) is 10.2. The molecule has 1 aliphatic rings. The number of carbonyl (C=O) groups is 1. The molecule has 7 nitrogen and oxygen atoms in total. The first kappa shape index (κ1) is 23.5. The van der Waals surface area contributed by atoms with Gasteiger partial charge in [0.1, 0.15) is 10.6 Å². The molecule has 9 heteroatoms. The van der Waals surface area contributed by atoms with E-state index in [1.54, 1.807) is 0 Å². The minimum atomic E-state index is -3.81. The molecule has 0 aliphatic carbocycles. The number of nitrogens with zero attached hydrogens (tertiary/aromatic N) is 1. The van der Waals surface area contributed by atoms with Crippen molar-refractivity contribution < 1.29 is 22.7 Å². The van der Waals surface area contributed by atoms with E-state index in [0.717, 1.165) is 12.8 Å². The third-order valence-electron chi connectivity index (χ3n) is 4.97. The molecule has 1 unspecified atom stereocenters. The molecule has 31 heavy (non-hydrogen) atoms. The molecular formula is C22H27ClN2O5S. The third-order valence-corrected chi connectivity index (χ3v) is 7.12. The number of ether oxygens (including phenoxy) is 2. The fourth-order valence-corrected chi connectivity index (χ4v) is 5.09. The lowest BCUT2D eigenvalue weighted by Gasteiger charge is -2.26. The van der Waals surface area contributed by atoms with Gasteiger partial charge in [-0.05, 0) is 43.5 Å². The third kappa shape index (κ3) is 6.67. The Balaban J connectivity index is 1.59. The first-order chi connectivity index (χ1) is 14.9. The SMILES string of the molecule is CC(CCc1ccccc1)NC(=O)COc1ccc(Cl)cc1S(=O)(=O)N1CCOCC1. The lowest BCUT2D eigenvalue weighted by Crippen LogP contribution is -2.41. The van der Waals surface area contributed by atoms with Crippen LogP contribution in [0.4, 0.5) is 0 Å². The molecule has 1 N–H and O–H groups in total. The summed E-state index contributed by atoms with van der Waals surface area (Å²) in [5, 5.41) is 3.16. The van der Waals surface area contributed by atoms with Crippen LogP contribution in [-0.4, -0.2) is 57.6 Å². The topological polar surface area (TPSA) is 84.9 Å². The molecular weight excluding hydrogens is 440 g/mol. The number of halogens is 1. The summed E-state index contributed by atoms with van der Waals surface area (Å²) in [4.78, 5) is 12.3. The Hall–Kier alpha value is -2.13. The molecule has 2 aromatic rings. The summed E-state index contributed by atoms with van der Waals surface area (Å²) < 4.78 is 38.2. The predicted molar refractivity (Wildman–Crippen MR) is 119 cm³/mol. The van der Waals surface area contributed by atoms with Crippen LogP contribution in [0.5, 0.6) is 5.75 Å². The van der Waals surface area contributed by atoms with Crippen LogP contribution in [0.1, 0.15) is 18.9 Å². The lowest BCUT2D eigenvalue weighted by atomic mass is 10.1. The highest BCUT2D eigenvalue weighted by Gasteiger charge is 2.29. The molecule has 0 radical (unpaired) electrons. The fourth-order valence-electron chi connectivity index (χ4n) is 3.29. The van der Waals surface area contributed by atoms with E-state index in [2.05, 4.69) is 17.4 Å². The number of morpholine rings is 1. The van der Waals surface area contributed by atoms with Gasteiger partial charge in [-0.25, -0.2) is 8.42 Å². The highest BCUT2D eigenvalue weighted by molar-refractivity contribution is 7.89. The van der Waals surface area contributed by atoms with Crippen molar-refractivity contribution in [2.24, 2.45) is 0 Å². The first-order valence-corrected chi connectivity index (χ1v) is 12.0. The van der Waals surface area contributed by atoms with E-state index in [4.69, 9.17) is 21.1 Å². The van der Waals surface area contributed by atoms with Crippen LogP contribution in [0.3, 0.4) is 0 Å². The van der Waals surface area contributed by atoms with E-state index in [9.17, 15) is 13.2 Å². The monoisotopic (exact) mass is 466 g/mol. The van der Waals surface area contributed by atoms with Crippen molar-refractivity contribution in [2.45, 2.75) is 30.7 Å². The van der Waals surface area contributed by atoms with Crippen molar-refractivity contribution in [3.63, 3.8) is 0 Å². The maximum absolute atomic E-state index is 13.0. The number of aryl methyl sites for hydroxylation is 1. The van der Waals surface area contributed by atoms with Crippen LogP contribution >= 0.6 is 11.6 Å². The van der Waals surface area contributed by atoms with Crippen LogP contribution in [0.2, 0.25) is 5.02 Å². The van der Waals surface area contributed by atoms with Crippen molar-refractivity contribution in [3.8, 4) is 5.75 Å². The summed E-state index contributed by atoms with van der Waals surface area (Å²) in [6, 6.07) is 14.4. The van der Waals surface area contributed by atoms with Crippen molar-refractivity contribution in [3.05, 3.63) is 59.1 Å². The van der Waals surface area contributed by atoms with Gasteiger partial charge in [0.15, 0.2) is 6.61 Å². The largest absolute Gasteiger partial charge is 0.482 e. The van der Waals surface area contributed by atoms with E-state index in [0.29, 0.717) is 13.2 Å². The Bertz CT molecular complexity index is 979. The number of nitrogens with one attached hydrogen (secondary N) is 1. The van der Waals surface area contributed by atoms with E-state index >= 15 is 0 Å². The second-order valence-corrected chi connectivity index (χ2v) is 9.73. The van der Waals surface area contributed by atoms with Gasteiger partial charge in [-0.2, -0.15) is 4.31 Å². The van der Waals surface area contributed by atoms with E-state index in [1.165, 1.54) is 28.1 Å². The molecule has 0 spiro atoms. The van der Waals surface area contributed by atoms with Gasteiger partial charge in [0.2, 0.25) is 10.0 Å². The molecule has 1 atom stereocenters. The van der Waals surface area contributed by atoms with E-state index < -0.39 is 10.0 Å². The number of carbonyl (C=O) groups excluding carboxylic acids is 1. The average Bonchev–Trinajstić information content (AvgIpc) is 2.78. The normalized spacial score (nSPS) is 15.9. The van der Waals surface area contributed by atoms with Crippen molar-refractivity contribution in [1.29, 1.82) is 0 Å². The Morgan fingerprint density at radius 3 is 2.61 bits per heavy atom. The zero-order valence-electron chi connectivity index (χ0n) is 17.4. The molecule has 3 rings (SSSR count). The smallest absolute Gasteiger partial charge is 0.258 e. The minimum absolute atomic E-state index is 0.0434. The number of rotatable bonds is 9. The van der Waals surface area contributed by atoms with Crippen molar-refractivity contribution in [1.82, 2.24) is 9.62 Å². The summed E-state index contributed by atoms with van der Waals surface area (Å²) in [6.45, 7) is 2.82. The molecule has 1 saturated heterocycles. The molecule has 0 bridgehead atoms. The Morgan fingerprint density at radius 2 is 1.90 bits per heavy atom. The molecule has 1 fully saturated rings. The fraction of sp³-hybridized carbons (Fsp3) is 0.409. The Labute approximate surface area is 188 Å². The number of hydrogen-bond acceptors (Lipinski definition) is 5.